The number of hydrogen-bond acceptors (Lipinski definition) is 13. The molecule has 2 aliphatic heterocycles. The van der Waals surface area contributed by atoms with Crippen molar-refractivity contribution in [3.05, 3.63) is 86.5 Å². The third-order valence-corrected chi connectivity index (χ3v) is 9.88. The maximum absolute atomic E-state index is 14.7. The first-order chi connectivity index (χ1) is 24.9. The molecule has 0 aromatic heterocycles. The highest BCUT2D eigenvalue weighted by Gasteiger charge is 2.45. The molecule has 276 valence electrons. The van der Waals surface area contributed by atoms with E-state index in [1.807, 2.05) is 24.3 Å². The van der Waals surface area contributed by atoms with Crippen LogP contribution in [0.5, 0.6) is 17.2 Å². The predicted octanol–water partition coefficient (Wildman–Crippen LogP) is 2.35. The molecule has 0 unspecified atom stereocenters. The van der Waals surface area contributed by atoms with E-state index in [9.17, 15) is 45.0 Å². The van der Waals surface area contributed by atoms with Crippen molar-refractivity contribution in [1.29, 1.82) is 0 Å². The molecule has 3 aliphatic rings. The molecule has 2 heterocycles. The van der Waals surface area contributed by atoms with Crippen LogP contribution >= 0.6 is 0 Å². The van der Waals surface area contributed by atoms with Crippen molar-refractivity contribution in [2.24, 2.45) is 0 Å². The molecule has 7 N–H and O–H groups in total. The fourth-order valence-electron chi connectivity index (χ4n) is 7.23. The number of rotatable bonds is 10. The summed E-state index contributed by atoms with van der Waals surface area (Å²) in [5.41, 5.74) is 1.20. The highest BCUT2D eigenvalue weighted by Crippen LogP contribution is 2.48. The van der Waals surface area contributed by atoms with Gasteiger partial charge in [-0.25, -0.2) is 0 Å². The monoisotopic (exact) mass is 717 g/mol. The predicted molar refractivity (Wildman–Crippen MR) is 187 cm³/mol. The van der Waals surface area contributed by atoms with Gasteiger partial charge in [0.25, 0.3) is 0 Å². The van der Waals surface area contributed by atoms with Crippen molar-refractivity contribution in [2.45, 2.75) is 82.8 Å². The number of nitrogens with one attached hydrogen (secondary N) is 1. The standard InChI is InChI=1S/C39H43NO12/c1-19-33(44)37(48)38(49)39(50-19)52-28-17-26-32(35(46)29(28)23-10-12-40-13-11-23)36(47)30-24(18-42)16-27(51-20(2)43)25(31(30)34(26)45)9-8-22-6-3-5-21(15-22)7-4-14-41/h3,5-6,8-9,15-17,19,23,33,37-42,44,46,48-49H,4,7,10-14,18H2,1-2H3/t19-,33-,37-,38-,39-/m1/s1. The molecular weight excluding hydrogens is 674 g/mol. The molecular formula is C39H43NO12. The number of carbonyl (C=O) groups excluding carboxylic acids is 3. The Bertz CT molecular complexity index is 1900. The molecule has 2 fully saturated rings. The summed E-state index contributed by atoms with van der Waals surface area (Å²) in [4.78, 5) is 41.5. The lowest BCUT2D eigenvalue weighted by Gasteiger charge is -2.39. The fraction of sp³-hybridized carbons (Fsp3) is 0.410. The number of esters is 1. The molecule has 1 aliphatic carbocycles. The number of phenols is 1. The highest BCUT2D eigenvalue weighted by molar-refractivity contribution is 6.31. The van der Waals surface area contributed by atoms with Crippen LogP contribution in [0.4, 0.5) is 0 Å². The first-order valence-corrected chi connectivity index (χ1v) is 17.4. The number of fused-ring (bicyclic) bond motifs is 2. The first-order valence-electron chi connectivity index (χ1n) is 17.4. The number of phenolic OH excluding ortho intramolecular Hbond substituents is 1. The van der Waals surface area contributed by atoms with Crippen LogP contribution in [-0.2, 0) is 22.6 Å². The number of benzene rings is 3. The van der Waals surface area contributed by atoms with Crippen LogP contribution in [0.1, 0.15) is 98.7 Å². The molecule has 2 saturated heterocycles. The number of aliphatic hydroxyl groups is 5. The first kappa shape index (κ1) is 37.3. The van der Waals surface area contributed by atoms with Crippen molar-refractivity contribution in [2.75, 3.05) is 19.7 Å². The molecule has 6 rings (SSSR count). The minimum absolute atomic E-state index is 0.0156. The lowest BCUT2D eigenvalue weighted by atomic mass is 9.76. The Kier molecular flexibility index (Phi) is 11.2. The molecule has 0 amide bonds. The molecule has 13 nitrogen and oxygen atoms in total. The number of carbonyl (C=O) groups is 3. The van der Waals surface area contributed by atoms with Crippen molar-refractivity contribution >= 4 is 29.7 Å². The lowest BCUT2D eigenvalue weighted by Crippen LogP contribution is -2.58. The summed E-state index contributed by atoms with van der Waals surface area (Å²) in [6.07, 6.45) is -1.63. The Hall–Kier alpha value is -4.47. The Labute approximate surface area is 300 Å². The number of piperidine rings is 1. The van der Waals surface area contributed by atoms with E-state index in [2.05, 4.69) is 5.32 Å². The Morgan fingerprint density at radius 3 is 2.38 bits per heavy atom. The second kappa shape index (κ2) is 15.6. The van der Waals surface area contributed by atoms with Gasteiger partial charge in [0.15, 0.2) is 11.6 Å². The SMILES string of the molecule is CC(=O)Oc1cc(CO)c2c(c1C=Cc1cccc(CCCO)c1)C(=O)c1cc(O[C@H]3O[C@H](C)[C@@H](O)[C@@H](O)[C@H]3O)c(C3CCNCC3)c(O)c1C2=O. The topological polar surface area (TPSA) is 212 Å². The van der Waals surface area contributed by atoms with E-state index in [-0.39, 0.29) is 63.0 Å². The lowest BCUT2D eigenvalue weighted by molar-refractivity contribution is -0.268. The van der Waals surface area contributed by atoms with E-state index in [4.69, 9.17) is 14.2 Å². The van der Waals surface area contributed by atoms with E-state index < -0.39 is 60.6 Å². The molecule has 0 bridgehead atoms. The van der Waals surface area contributed by atoms with Crippen LogP contribution < -0.4 is 14.8 Å². The van der Waals surface area contributed by atoms with Crippen molar-refractivity contribution in [3.8, 4) is 17.2 Å². The minimum Gasteiger partial charge on any atom is -0.507 e. The zero-order chi connectivity index (χ0) is 37.3. The summed E-state index contributed by atoms with van der Waals surface area (Å²) in [5.74, 6) is -3.11. The zero-order valence-corrected chi connectivity index (χ0v) is 28.9. The maximum Gasteiger partial charge on any atom is 0.308 e. The maximum atomic E-state index is 14.7. The highest BCUT2D eigenvalue weighted by atomic mass is 16.7. The van der Waals surface area contributed by atoms with Gasteiger partial charge in [0.05, 0.1) is 18.3 Å². The molecule has 5 atom stereocenters. The molecule has 0 saturated carbocycles. The van der Waals surface area contributed by atoms with Crippen LogP contribution in [0.15, 0.2) is 36.4 Å². The van der Waals surface area contributed by atoms with Gasteiger partial charge in [-0.15, -0.1) is 0 Å². The summed E-state index contributed by atoms with van der Waals surface area (Å²) in [6.45, 7) is 3.21. The number of aryl methyl sites for hydroxylation is 1. The summed E-state index contributed by atoms with van der Waals surface area (Å²) in [6, 6.07) is 10.1. The van der Waals surface area contributed by atoms with E-state index in [0.717, 1.165) is 11.1 Å². The zero-order valence-electron chi connectivity index (χ0n) is 28.9. The number of aliphatic hydroxyl groups excluding tert-OH is 5. The normalized spacial score (nSPS) is 23.4. The van der Waals surface area contributed by atoms with Gasteiger partial charge in [-0.05, 0) is 86.5 Å². The Balaban J connectivity index is 1.52. The largest absolute Gasteiger partial charge is 0.507 e. The summed E-state index contributed by atoms with van der Waals surface area (Å²) in [7, 11) is 0. The second-order valence-corrected chi connectivity index (χ2v) is 13.4. The van der Waals surface area contributed by atoms with Gasteiger partial charge in [0.2, 0.25) is 6.29 Å². The molecule has 0 spiro atoms. The van der Waals surface area contributed by atoms with Crippen molar-refractivity contribution in [3.63, 3.8) is 0 Å². The third-order valence-electron chi connectivity index (χ3n) is 9.88. The van der Waals surface area contributed by atoms with Crippen LogP contribution in [0.3, 0.4) is 0 Å². The third kappa shape index (κ3) is 7.13. The van der Waals surface area contributed by atoms with Crippen LogP contribution in [-0.4, -0.2) is 98.6 Å². The van der Waals surface area contributed by atoms with Gasteiger partial charge in [-0.2, -0.15) is 0 Å². The van der Waals surface area contributed by atoms with Gasteiger partial charge >= 0.3 is 5.97 Å². The fourth-order valence-corrected chi connectivity index (χ4v) is 7.23. The molecule has 52 heavy (non-hydrogen) atoms. The molecule has 3 aromatic rings. The number of ether oxygens (including phenoxy) is 3. The Morgan fingerprint density at radius 1 is 0.942 bits per heavy atom. The van der Waals surface area contributed by atoms with Crippen LogP contribution in [0.2, 0.25) is 0 Å². The average Bonchev–Trinajstić information content (AvgIpc) is 3.13. The quantitative estimate of drug-likeness (QED) is 0.0714. The van der Waals surface area contributed by atoms with Gasteiger partial charge in [0.1, 0.15) is 35.6 Å². The number of aromatic hydroxyl groups is 1. The number of ketones is 2. The molecule has 3 aromatic carbocycles. The van der Waals surface area contributed by atoms with Gasteiger partial charge < -0.3 is 50.2 Å². The van der Waals surface area contributed by atoms with Crippen molar-refractivity contribution < 1.29 is 59.2 Å². The summed E-state index contributed by atoms with van der Waals surface area (Å²) >= 11 is 0. The van der Waals surface area contributed by atoms with Gasteiger partial charge in [-0.3, -0.25) is 14.4 Å². The average molecular weight is 718 g/mol. The van der Waals surface area contributed by atoms with Gasteiger partial charge in [-0.1, -0.05) is 30.3 Å². The van der Waals surface area contributed by atoms with E-state index >= 15 is 0 Å². The summed E-state index contributed by atoms with van der Waals surface area (Å²) < 4.78 is 17.3. The Morgan fingerprint density at radius 2 is 1.69 bits per heavy atom. The minimum atomic E-state index is -1.69. The van der Waals surface area contributed by atoms with E-state index in [0.29, 0.717) is 38.8 Å². The van der Waals surface area contributed by atoms with Crippen LogP contribution in [0, 0.1) is 0 Å². The molecule has 0 radical (unpaired) electrons. The van der Waals surface area contributed by atoms with Crippen LogP contribution in [0.25, 0.3) is 12.2 Å². The summed E-state index contributed by atoms with van der Waals surface area (Å²) in [5, 5.41) is 66.4. The molecule has 13 heteroatoms. The van der Waals surface area contributed by atoms with E-state index in [1.165, 1.54) is 26.0 Å². The smallest absolute Gasteiger partial charge is 0.308 e. The second-order valence-electron chi connectivity index (χ2n) is 13.4. The van der Waals surface area contributed by atoms with Crippen molar-refractivity contribution in [1.82, 2.24) is 5.32 Å². The van der Waals surface area contributed by atoms with Gasteiger partial charge in [0, 0.05) is 41.3 Å². The van der Waals surface area contributed by atoms with E-state index in [1.54, 1.807) is 12.2 Å². The number of hydrogen-bond donors (Lipinski definition) is 7.